The molecule has 0 bridgehead atoms. The molecule has 1 aromatic heterocycles. The van der Waals surface area contributed by atoms with Crippen molar-refractivity contribution in [2.45, 2.75) is 30.5 Å². The fraction of sp³-hybridized carbons (Fsp3) is 0.692. The molecular formula is C13H19N3O6. The molecule has 122 valence electrons. The number of likely N-dealkylation sites (tertiary alicyclic amines) is 1. The zero-order valence-electron chi connectivity index (χ0n) is 12.0. The van der Waals surface area contributed by atoms with Gasteiger partial charge in [-0.3, -0.25) is 14.3 Å². The lowest BCUT2D eigenvalue weighted by molar-refractivity contribution is -0.0235. The van der Waals surface area contributed by atoms with Crippen LogP contribution in [0.5, 0.6) is 0 Å². The van der Waals surface area contributed by atoms with Crippen LogP contribution in [-0.2, 0) is 4.74 Å². The molecular weight excluding hydrogens is 294 g/mol. The first-order valence-corrected chi connectivity index (χ1v) is 7.08. The Balaban J connectivity index is 1.95. The van der Waals surface area contributed by atoms with Gasteiger partial charge in [0.05, 0.1) is 18.2 Å². The number of ether oxygens (including phenoxy) is 1. The molecule has 0 aliphatic carbocycles. The predicted molar refractivity (Wildman–Crippen MR) is 74.6 cm³/mol. The summed E-state index contributed by atoms with van der Waals surface area (Å²) in [6.45, 7) is 0.891. The van der Waals surface area contributed by atoms with Crippen LogP contribution in [0.3, 0.4) is 0 Å². The molecule has 0 unspecified atom stereocenters. The van der Waals surface area contributed by atoms with E-state index < -0.39 is 42.3 Å². The maximum atomic E-state index is 12.0. The van der Waals surface area contributed by atoms with Crippen LogP contribution in [0, 0.1) is 0 Å². The summed E-state index contributed by atoms with van der Waals surface area (Å²) in [7, 11) is 1.92. The molecule has 22 heavy (non-hydrogen) atoms. The Morgan fingerprint density at radius 2 is 2.00 bits per heavy atom. The molecule has 2 aliphatic rings. The zero-order chi connectivity index (χ0) is 16.0. The van der Waals surface area contributed by atoms with Crippen molar-refractivity contribution in [3.63, 3.8) is 0 Å². The Labute approximate surface area is 125 Å². The third-order valence-corrected chi connectivity index (χ3v) is 4.28. The van der Waals surface area contributed by atoms with Gasteiger partial charge in [-0.15, -0.1) is 0 Å². The average molecular weight is 313 g/mol. The second-order valence-electron chi connectivity index (χ2n) is 5.88. The van der Waals surface area contributed by atoms with Crippen molar-refractivity contribution in [1.29, 1.82) is 0 Å². The van der Waals surface area contributed by atoms with Crippen molar-refractivity contribution in [2.24, 2.45) is 0 Å². The Morgan fingerprint density at radius 1 is 1.32 bits per heavy atom. The van der Waals surface area contributed by atoms with Gasteiger partial charge in [-0.2, -0.15) is 0 Å². The number of rotatable bonds is 3. The van der Waals surface area contributed by atoms with E-state index in [-0.39, 0.29) is 11.6 Å². The van der Waals surface area contributed by atoms with Crippen LogP contribution in [-0.4, -0.2) is 74.8 Å². The van der Waals surface area contributed by atoms with Crippen LogP contribution in [0.4, 0.5) is 0 Å². The van der Waals surface area contributed by atoms with E-state index in [9.17, 15) is 19.8 Å². The van der Waals surface area contributed by atoms with Gasteiger partial charge in [-0.25, -0.2) is 4.79 Å². The number of aromatic nitrogens is 2. The maximum absolute atomic E-state index is 12.0. The molecule has 4 N–H and O–H groups in total. The van der Waals surface area contributed by atoms with E-state index in [2.05, 4.69) is 4.98 Å². The SMILES string of the molecule is CN1CC(n2cc([C@@H]3O[C@H](CO)[C@@H](O)[C@H]3O)c(=O)[nH]c2=O)C1. The summed E-state index contributed by atoms with van der Waals surface area (Å²) < 4.78 is 6.76. The number of hydrogen-bond donors (Lipinski definition) is 4. The fourth-order valence-electron chi connectivity index (χ4n) is 2.97. The van der Waals surface area contributed by atoms with Gasteiger partial charge >= 0.3 is 5.69 Å². The lowest BCUT2D eigenvalue weighted by Gasteiger charge is -2.37. The molecule has 0 spiro atoms. The van der Waals surface area contributed by atoms with Crippen molar-refractivity contribution in [1.82, 2.24) is 14.5 Å². The molecule has 9 nitrogen and oxygen atoms in total. The number of nitrogens with zero attached hydrogens (tertiary/aromatic N) is 2. The monoisotopic (exact) mass is 313 g/mol. The minimum Gasteiger partial charge on any atom is -0.394 e. The van der Waals surface area contributed by atoms with Crippen LogP contribution in [0.1, 0.15) is 17.7 Å². The number of likely N-dealkylation sites (N-methyl/N-ethyl adjacent to an activating group) is 1. The molecule has 0 saturated carbocycles. The number of aliphatic hydroxyl groups is 3. The molecule has 2 aliphatic heterocycles. The van der Waals surface area contributed by atoms with E-state index in [4.69, 9.17) is 9.84 Å². The van der Waals surface area contributed by atoms with Crippen LogP contribution in [0.15, 0.2) is 15.8 Å². The van der Waals surface area contributed by atoms with E-state index in [1.54, 1.807) is 0 Å². The van der Waals surface area contributed by atoms with Gasteiger partial charge in [0.2, 0.25) is 0 Å². The van der Waals surface area contributed by atoms with Crippen LogP contribution in [0.2, 0.25) is 0 Å². The van der Waals surface area contributed by atoms with Crippen LogP contribution in [0.25, 0.3) is 0 Å². The highest BCUT2D eigenvalue weighted by Crippen LogP contribution is 2.32. The van der Waals surface area contributed by atoms with Gasteiger partial charge in [0, 0.05) is 19.3 Å². The van der Waals surface area contributed by atoms with E-state index in [1.165, 1.54) is 10.8 Å². The smallest absolute Gasteiger partial charge is 0.328 e. The second-order valence-corrected chi connectivity index (χ2v) is 5.88. The molecule has 2 fully saturated rings. The van der Waals surface area contributed by atoms with Crippen molar-refractivity contribution in [2.75, 3.05) is 26.7 Å². The number of hydrogen-bond acceptors (Lipinski definition) is 7. The van der Waals surface area contributed by atoms with E-state index in [1.807, 2.05) is 11.9 Å². The molecule has 0 radical (unpaired) electrons. The lowest BCUT2D eigenvalue weighted by Crippen LogP contribution is -2.49. The molecule has 9 heteroatoms. The van der Waals surface area contributed by atoms with Crippen molar-refractivity contribution < 1.29 is 20.1 Å². The predicted octanol–water partition coefficient (Wildman–Crippen LogP) is -2.82. The molecule has 4 atom stereocenters. The fourth-order valence-corrected chi connectivity index (χ4v) is 2.97. The van der Waals surface area contributed by atoms with Crippen molar-refractivity contribution in [3.05, 3.63) is 32.6 Å². The summed E-state index contributed by atoms with van der Waals surface area (Å²) >= 11 is 0. The van der Waals surface area contributed by atoms with Gasteiger partial charge < -0.3 is 25.0 Å². The maximum Gasteiger partial charge on any atom is 0.328 e. The van der Waals surface area contributed by atoms with Crippen molar-refractivity contribution >= 4 is 0 Å². The van der Waals surface area contributed by atoms with Gasteiger partial charge in [-0.05, 0) is 7.05 Å². The number of aliphatic hydroxyl groups excluding tert-OH is 3. The van der Waals surface area contributed by atoms with E-state index in [0.29, 0.717) is 13.1 Å². The van der Waals surface area contributed by atoms with E-state index in [0.717, 1.165) is 0 Å². The minimum atomic E-state index is -1.34. The summed E-state index contributed by atoms with van der Waals surface area (Å²) in [5.41, 5.74) is -1.11. The average Bonchev–Trinajstić information content (AvgIpc) is 2.72. The highest BCUT2D eigenvalue weighted by molar-refractivity contribution is 5.15. The quantitative estimate of drug-likeness (QED) is 0.474. The minimum absolute atomic E-state index is 0.0507. The normalized spacial score (nSPS) is 33.1. The van der Waals surface area contributed by atoms with Crippen molar-refractivity contribution in [3.8, 4) is 0 Å². The molecule has 2 saturated heterocycles. The Kier molecular flexibility index (Phi) is 3.91. The Morgan fingerprint density at radius 3 is 2.55 bits per heavy atom. The number of nitrogens with one attached hydrogen (secondary N) is 1. The second kappa shape index (κ2) is 5.60. The lowest BCUT2D eigenvalue weighted by atomic mass is 10.0. The third kappa shape index (κ3) is 2.40. The number of aromatic amines is 1. The largest absolute Gasteiger partial charge is 0.394 e. The summed E-state index contributed by atoms with van der Waals surface area (Å²) in [6.07, 6.45) is -3.30. The summed E-state index contributed by atoms with van der Waals surface area (Å²) in [4.78, 5) is 28.2. The standard InChI is InChI=1S/C13H19N3O6/c1-15-2-6(3-15)16-4-7(12(20)14-13(16)21)11-10(19)9(18)8(5-17)22-11/h4,6,8-11,17-19H,2-3,5H2,1H3,(H,14,20,21)/t8-,9-,10-,11+/m1/s1. The molecule has 0 amide bonds. The molecule has 1 aromatic rings. The highest BCUT2D eigenvalue weighted by atomic mass is 16.6. The highest BCUT2D eigenvalue weighted by Gasteiger charge is 2.44. The summed E-state index contributed by atoms with van der Waals surface area (Å²) in [5, 5.41) is 28.9. The Bertz CT molecular complexity index is 664. The topological polar surface area (TPSA) is 128 Å². The first kappa shape index (κ1) is 15.4. The Hall–Kier alpha value is -1.52. The van der Waals surface area contributed by atoms with Gasteiger partial charge in [0.15, 0.2) is 0 Å². The third-order valence-electron chi connectivity index (χ3n) is 4.28. The molecule has 3 heterocycles. The molecule has 3 rings (SSSR count). The number of H-pyrrole nitrogens is 1. The summed E-state index contributed by atoms with van der Waals surface area (Å²) in [5.74, 6) is 0. The first-order chi connectivity index (χ1) is 10.4. The van der Waals surface area contributed by atoms with Gasteiger partial charge in [-0.1, -0.05) is 0 Å². The van der Waals surface area contributed by atoms with E-state index >= 15 is 0 Å². The van der Waals surface area contributed by atoms with Crippen LogP contribution < -0.4 is 11.2 Å². The first-order valence-electron chi connectivity index (χ1n) is 7.08. The summed E-state index contributed by atoms with van der Waals surface area (Å²) in [6, 6.07) is -0.0507. The van der Waals surface area contributed by atoms with Gasteiger partial charge in [0.1, 0.15) is 24.4 Å². The van der Waals surface area contributed by atoms with Gasteiger partial charge in [0.25, 0.3) is 5.56 Å². The molecule has 0 aromatic carbocycles. The zero-order valence-corrected chi connectivity index (χ0v) is 12.0. The van der Waals surface area contributed by atoms with Crippen LogP contribution >= 0.6 is 0 Å².